The molecule has 120 valence electrons. The van der Waals surface area contributed by atoms with Gasteiger partial charge in [0.1, 0.15) is 5.69 Å². The molecule has 0 fully saturated rings. The molecule has 0 bridgehead atoms. The second-order valence-electron chi connectivity index (χ2n) is 5.83. The van der Waals surface area contributed by atoms with Crippen LogP contribution in [0.3, 0.4) is 0 Å². The molecule has 0 spiro atoms. The second kappa shape index (κ2) is 5.75. The Morgan fingerprint density at radius 1 is 1.35 bits per heavy atom. The minimum absolute atomic E-state index is 0.0337. The van der Waals surface area contributed by atoms with Crippen LogP contribution in [0.4, 0.5) is 28.8 Å². The van der Waals surface area contributed by atoms with Crippen LogP contribution in [-0.4, -0.2) is 35.5 Å². The van der Waals surface area contributed by atoms with Gasteiger partial charge in [-0.05, 0) is 32.0 Å². The molecule has 0 unspecified atom stereocenters. The molecule has 0 aliphatic carbocycles. The number of benzene rings is 1. The molecule has 2 aromatic rings. The van der Waals surface area contributed by atoms with Crippen LogP contribution in [0.2, 0.25) is 0 Å². The maximum absolute atomic E-state index is 12.1. The van der Waals surface area contributed by atoms with Crippen molar-refractivity contribution in [2.75, 3.05) is 34.4 Å². The standard InChI is InChI=1S/C16H20N6O/c1-10(2)22-9-14(23)21(3)13-8-18-16(20-15(13)22)19-12-6-4-5-11(17)7-12/h4-8,10H,9,17H2,1-3H3,(H,18,19,20). The topological polar surface area (TPSA) is 87.4 Å². The number of anilines is 5. The van der Waals surface area contributed by atoms with E-state index in [0.717, 1.165) is 11.5 Å². The van der Waals surface area contributed by atoms with Crippen LogP contribution in [-0.2, 0) is 4.79 Å². The fourth-order valence-electron chi connectivity index (χ4n) is 2.51. The minimum atomic E-state index is 0.0337. The Kier molecular flexibility index (Phi) is 3.77. The van der Waals surface area contributed by atoms with Crippen LogP contribution in [0.25, 0.3) is 0 Å². The van der Waals surface area contributed by atoms with E-state index >= 15 is 0 Å². The fraction of sp³-hybridized carbons (Fsp3) is 0.312. The second-order valence-corrected chi connectivity index (χ2v) is 5.83. The van der Waals surface area contributed by atoms with E-state index in [0.29, 0.717) is 23.9 Å². The molecule has 23 heavy (non-hydrogen) atoms. The Morgan fingerprint density at radius 3 is 2.83 bits per heavy atom. The fourth-order valence-corrected chi connectivity index (χ4v) is 2.51. The molecule has 0 radical (unpaired) electrons. The zero-order valence-electron chi connectivity index (χ0n) is 13.4. The summed E-state index contributed by atoms with van der Waals surface area (Å²) in [7, 11) is 1.74. The molecule has 0 atom stereocenters. The van der Waals surface area contributed by atoms with Crippen molar-refractivity contribution >= 4 is 34.7 Å². The molecular formula is C16H20N6O. The van der Waals surface area contributed by atoms with Gasteiger partial charge in [-0.15, -0.1) is 0 Å². The lowest BCUT2D eigenvalue weighted by Crippen LogP contribution is -2.47. The first-order chi connectivity index (χ1) is 11.0. The number of hydrogen-bond acceptors (Lipinski definition) is 6. The van der Waals surface area contributed by atoms with E-state index < -0.39 is 0 Å². The van der Waals surface area contributed by atoms with E-state index in [1.807, 2.05) is 43.0 Å². The first-order valence-corrected chi connectivity index (χ1v) is 7.48. The zero-order chi connectivity index (χ0) is 16.6. The van der Waals surface area contributed by atoms with Gasteiger partial charge in [-0.3, -0.25) is 4.79 Å². The summed E-state index contributed by atoms with van der Waals surface area (Å²) in [6.45, 7) is 4.39. The first kappa shape index (κ1) is 15.1. The van der Waals surface area contributed by atoms with Crippen LogP contribution < -0.4 is 20.9 Å². The van der Waals surface area contributed by atoms with Gasteiger partial charge < -0.3 is 20.9 Å². The number of likely N-dealkylation sites (N-methyl/N-ethyl adjacent to an activating group) is 1. The largest absolute Gasteiger partial charge is 0.399 e. The zero-order valence-corrected chi connectivity index (χ0v) is 13.4. The SMILES string of the molecule is CC(C)N1CC(=O)N(C)c2cnc(Nc3cccc(N)c3)nc21. The molecule has 0 saturated carbocycles. The van der Waals surface area contributed by atoms with Crippen molar-refractivity contribution in [2.24, 2.45) is 0 Å². The Labute approximate surface area is 135 Å². The molecule has 1 aliphatic rings. The summed E-state index contributed by atoms with van der Waals surface area (Å²) in [6.07, 6.45) is 1.67. The van der Waals surface area contributed by atoms with Crippen LogP contribution in [0, 0.1) is 0 Å². The van der Waals surface area contributed by atoms with Crippen molar-refractivity contribution in [1.82, 2.24) is 9.97 Å². The smallest absolute Gasteiger partial charge is 0.246 e. The molecular weight excluding hydrogens is 292 g/mol. The average molecular weight is 312 g/mol. The normalized spacial score (nSPS) is 14.2. The van der Waals surface area contributed by atoms with Gasteiger partial charge in [0, 0.05) is 24.5 Å². The summed E-state index contributed by atoms with van der Waals surface area (Å²) in [5.74, 6) is 1.26. The van der Waals surface area contributed by atoms with Gasteiger partial charge >= 0.3 is 0 Å². The summed E-state index contributed by atoms with van der Waals surface area (Å²) >= 11 is 0. The lowest BCUT2D eigenvalue weighted by molar-refractivity contribution is -0.117. The Morgan fingerprint density at radius 2 is 2.13 bits per heavy atom. The quantitative estimate of drug-likeness (QED) is 0.843. The van der Waals surface area contributed by atoms with E-state index in [9.17, 15) is 4.79 Å². The van der Waals surface area contributed by atoms with Crippen LogP contribution in [0.15, 0.2) is 30.5 Å². The van der Waals surface area contributed by atoms with Crippen molar-refractivity contribution in [3.63, 3.8) is 0 Å². The van der Waals surface area contributed by atoms with E-state index in [1.165, 1.54) is 0 Å². The number of aromatic nitrogens is 2. The molecule has 1 aromatic heterocycles. The monoisotopic (exact) mass is 312 g/mol. The molecule has 2 heterocycles. The molecule has 0 saturated heterocycles. The molecule has 1 aromatic carbocycles. The van der Waals surface area contributed by atoms with Gasteiger partial charge in [0.15, 0.2) is 5.82 Å². The van der Waals surface area contributed by atoms with E-state index in [1.54, 1.807) is 18.1 Å². The number of carbonyl (C=O) groups excluding carboxylic acids is 1. The maximum Gasteiger partial charge on any atom is 0.246 e. The summed E-state index contributed by atoms with van der Waals surface area (Å²) < 4.78 is 0. The van der Waals surface area contributed by atoms with Crippen molar-refractivity contribution in [2.45, 2.75) is 19.9 Å². The summed E-state index contributed by atoms with van der Waals surface area (Å²) in [5, 5.41) is 3.15. The predicted octanol–water partition coefficient (Wildman–Crippen LogP) is 1.99. The van der Waals surface area contributed by atoms with Gasteiger partial charge in [0.25, 0.3) is 0 Å². The van der Waals surface area contributed by atoms with Crippen molar-refractivity contribution in [3.8, 4) is 0 Å². The first-order valence-electron chi connectivity index (χ1n) is 7.48. The van der Waals surface area contributed by atoms with Gasteiger partial charge in [-0.1, -0.05) is 6.07 Å². The highest BCUT2D eigenvalue weighted by atomic mass is 16.2. The van der Waals surface area contributed by atoms with Crippen molar-refractivity contribution in [3.05, 3.63) is 30.5 Å². The molecule has 7 heteroatoms. The Bertz CT molecular complexity index is 745. The Balaban J connectivity index is 1.97. The highest BCUT2D eigenvalue weighted by Gasteiger charge is 2.30. The number of nitrogens with two attached hydrogens (primary N) is 1. The maximum atomic E-state index is 12.1. The van der Waals surface area contributed by atoms with Crippen LogP contribution in [0.1, 0.15) is 13.8 Å². The predicted molar refractivity (Wildman–Crippen MR) is 92.1 cm³/mol. The molecule has 3 rings (SSSR count). The molecule has 1 amide bonds. The number of carbonyl (C=O) groups is 1. The van der Waals surface area contributed by atoms with E-state index in [4.69, 9.17) is 5.73 Å². The van der Waals surface area contributed by atoms with Crippen LogP contribution >= 0.6 is 0 Å². The van der Waals surface area contributed by atoms with Crippen molar-refractivity contribution < 1.29 is 4.79 Å². The Hall–Kier alpha value is -2.83. The lowest BCUT2D eigenvalue weighted by atomic mass is 10.2. The minimum Gasteiger partial charge on any atom is -0.399 e. The number of nitrogen functional groups attached to an aromatic ring is 1. The van der Waals surface area contributed by atoms with E-state index in [2.05, 4.69) is 15.3 Å². The van der Waals surface area contributed by atoms with Gasteiger partial charge in [0.2, 0.25) is 11.9 Å². The molecule has 7 nitrogen and oxygen atoms in total. The summed E-state index contributed by atoms with van der Waals surface area (Å²) in [4.78, 5) is 24.6. The summed E-state index contributed by atoms with van der Waals surface area (Å²) in [6, 6.07) is 7.57. The number of rotatable bonds is 3. The highest BCUT2D eigenvalue weighted by Crippen LogP contribution is 2.32. The number of nitrogens with zero attached hydrogens (tertiary/aromatic N) is 4. The lowest BCUT2D eigenvalue weighted by Gasteiger charge is -2.36. The third-order valence-corrected chi connectivity index (χ3v) is 3.83. The van der Waals surface area contributed by atoms with E-state index in [-0.39, 0.29) is 11.9 Å². The van der Waals surface area contributed by atoms with Crippen LogP contribution in [0.5, 0.6) is 0 Å². The summed E-state index contributed by atoms with van der Waals surface area (Å²) in [5.41, 5.74) is 7.99. The van der Waals surface area contributed by atoms with Gasteiger partial charge in [0.05, 0.1) is 12.7 Å². The number of amides is 1. The molecule has 3 N–H and O–H groups in total. The third kappa shape index (κ3) is 2.90. The van der Waals surface area contributed by atoms with Gasteiger partial charge in [-0.2, -0.15) is 4.98 Å². The number of fused-ring (bicyclic) bond motifs is 1. The van der Waals surface area contributed by atoms with Gasteiger partial charge in [-0.25, -0.2) is 4.98 Å². The third-order valence-electron chi connectivity index (χ3n) is 3.83. The number of hydrogen-bond donors (Lipinski definition) is 2. The highest BCUT2D eigenvalue weighted by molar-refractivity contribution is 6.02. The van der Waals surface area contributed by atoms with Crippen molar-refractivity contribution in [1.29, 1.82) is 0 Å². The molecule has 1 aliphatic heterocycles. The average Bonchev–Trinajstić information content (AvgIpc) is 2.50. The number of nitrogens with one attached hydrogen (secondary N) is 1.